The van der Waals surface area contributed by atoms with Gasteiger partial charge in [0.2, 0.25) is 0 Å². The smallest absolute Gasteiger partial charge is 0.306 e. The van der Waals surface area contributed by atoms with Gasteiger partial charge < -0.3 is 10.4 Å². The van der Waals surface area contributed by atoms with Crippen LogP contribution in [0.4, 0.5) is 0 Å². The molecule has 1 aliphatic rings. The first-order valence-electron chi connectivity index (χ1n) is 7.19. The second kappa shape index (κ2) is 6.71. The SMILES string of the molecule is CC(NCC1CCCCC1C(=O)O)c1ccccc1. The predicted octanol–water partition coefficient (Wildman–Crippen LogP) is 3.23. The predicted molar refractivity (Wildman–Crippen MR) is 75.9 cm³/mol. The van der Waals surface area contributed by atoms with Gasteiger partial charge in [0.05, 0.1) is 5.92 Å². The molecule has 3 nitrogen and oxygen atoms in total. The Bertz CT molecular complexity index is 404. The highest BCUT2D eigenvalue weighted by molar-refractivity contribution is 5.70. The van der Waals surface area contributed by atoms with Crippen LogP contribution in [0.1, 0.15) is 44.2 Å². The van der Waals surface area contributed by atoms with Crippen molar-refractivity contribution in [2.24, 2.45) is 11.8 Å². The topological polar surface area (TPSA) is 49.3 Å². The fourth-order valence-corrected chi connectivity index (χ4v) is 2.96. The number of nitrogens with one attached hydrogen (secondary N) is 1. The molecule has 2 N–H and O–H groups in total. The summed E-state index contributed by atoms with van der Waals surface area (Å²) in [6.45, 7) is 2.93. The van der Waals surface area contributed by atoms with Crippen molar-refractivity contribution in [1.82, 2.24) is 5.32 Å². The van der Waals surface area contributed by atoms with Crippen molar-refractivity contribution in [2.75, 3.05) is 6.54 Å². The van der Waals surface area contributed by atoms with Crippen LogP contribution in [0.15, 0.2) is 30.3 Å². The minimum absolute atomic E-state index is 0.163. The standard InChI is InChI=1S/C16H23NO2/c1-12(13-7-3-2-4-8-13)17-11-14-9-5-6-10-15(14)16(18)19/h2-4,7-8,12,14-15,17H,5-6,9-11H2,1H3,(H,18,19). The van der Waals surface area contributed by atoms with Crippen molar-refractivity contribution >= 4 is 5.97 Å². The van der Waals surface area contributed by atoms with Crippen molar-refractivity contribution in [2.45, 2.75) is 38.6 Å². The molecule has 2 rings (SSSR count). The summed E-state index contributed by atoms with van der Waals surface area (Å²) in [5.74, 6) is -0.513. The van der Waals surface area contributed by atoms with Crippen LogP contribution in [0.5, 0.6) is 0 Å². The summed E-state index contributed by atoms with van der Waals surface area (Å²) in [4.78, 5) is 11.3. The molecule has 0 radical (unpaired) electrons. The summed E-state index contributed by atoms with van der Waals surface area (Å²) in [6.07, 6.45) is 4.09. The van der Waals surface area contributed by atoms with Crippen molar-refractivity contribution < 1.29 is 9.90 Å². The normalized spacial score (nSPS) is 24.9. The van der Waals surface area contributed by atoms with Crippen LogP contribution in [-0.2, 0) is 4.79 Å². The van der Waals surface area contributed by atoms with Crippen molar-refractivity contribution in [3.63, 3.8) is 0 Å². The molecule has 1 fully saturated rings. The maximum atomic E-state index is 11.3. The average molecular weight is 261 g/mol. The summed E-state index contributed by atoms with van der Waals surface area (Å²) in [7, 11) is 0. The van der Waals surface area contributed by atoms with Gasteiger partial charge in [0.25, 0.3) is 0 Å². The maximum absolute atomic E-state index is 11.3. The number of carbonyl (C=O) groups is 1. The molecule has 0 aliphatic heterocycles. The van der Waals surface area contributed by atoms with Gasteiger partial charge in [-0.15, -0.1) is 0 Å². The van der Waals surface area contributed by atoms with Crippen LogP contribution in [0, 0.1) is 11.8 Å². The zero-order valence-electron chi connectivity index (χ0n) is 11.5. The third kappa shape index (κ3) is 3.80. The third-order valence-electron chi connectivity index (χ3n) is 4.21. The molecule has 0 bridgehead atoms. The van der Waals surface area contributed by atoms with Gasteiger partial charge in [-0.25, -0.2) is 0 Å². The van der Waals surface area contributed by atoms with Gasteiger partial charge in [0, 0.05) is 6.04 Å². The molecule has 3 atom stereocenters. The van der Waals surface area contributed by atoms with E-state index in [-0.39, 0.29) is 17.9 Å². The van der Waals surface area contributed by atoms with Crippen molar-refractivity contribution in [1.29, 1.82) is 0 Å². The van der Waals surface area contributed by atoms with Crippen LogP contribution >= 0.6 is 0 Å². The number of aliphatic carboxylic acids is 1. The molecule has 1 aromatic carbocycles. The summed E-state index contributed by atoms with van der Waals surface area (Å²) in [5.41, 5.74) is 1.25. The maximum Gasteiger partial charge on any atom is 0.306 e. The van der Waals surface area contributed by atoms with Crippen LogP contribution in [-0.4, -0.2) is 17.6 Å². The van der Waals surface area contributed by atoms with E-state index in [2.05, 4.69) is 24.4 Å². The molecule has 0 spiro atoms. The van der Waals surface area contributed by atoms with E-state index in [4.69, 9.17) is 0 Å². The number of rotatable bonds is 5. The fourth-order valence-electron chi connectivity index (χ4n) is 2.96. The van der Waals surface area contributed by atoms with Gasteiger partial charge in [0.15, 0.2) is 0 Å². The van der Waals surface area contributed by atoms with E-state index in [1.807, 2.05) is 18.2 Å². The molecule has 19 heavy (non-hydrogen) atoms. The molecule has 104 valence electrons. The highest BCUT2D eigenvalue weighted by Crippen LogP contribution is 2.30. The van der Waals surface area contributed by atoms with Crippen LogP contribution in [0.25, 0.3) is 0 Å². The lowest BCUT2D eigenvalue weighted by atomic mass is 9.79. The van der Waals surface area contributed by atoms with Crippen LogP contribution in [0.3, 0.4) is 0 Å². The Labute approximate surface area is 115 Å². The Hall–Kier alpha value is -1.35. The summed E-state index contributed by atoms with van der Waals surface area (Å²) in [6, 6.07) is 10.6. The number of benzene rings is 1. The Morgan fingerprint density at radius 1 is 1.32 bits per heavy atom. The largest absolute Gasteiger partial charge is 0.481 e. The molecule has 1 aliphatic carbocycles. The van der Waals surface area contributed by atoms with E-state index in [0.717, 1.165) is 32.2 Å². The molecule has 0 saturated heterocycles. The number of carboxylic acids is 1. The van der Waals surface area contributed by atoms with E-state index in [1.165, 1.54) is 5.56 Å². The van der Waals surface area contributed by atoms with E-state index in [9.17, 15) is 9.90 Å². The zero-order valence-corrected chi connectivity index (χ0v) is 11.5. The van der Waals surface area contributed by atoms with Crippen molar-refractivity contribution in [3.8, 4) is 0 Å². The minimum atomic E-state index is -0.626. The Morgan fingerprint density at radius 3 is 2.68 bits per heavy atom. The summed E-state index contributed by atoms with van der Waals surface area (Å²) >= 11 is 0. The minimum Gasteiger partial charge on any atom is -0.481 e. The lowest BCUT2D eigenvalue weighted by Crippen LogP contribution is -2.35. The monoisotopic (exact) mass is 261 g/mol. The quantitative estimate of drug-likeness (QED) is 0.855. The summed E-state index contributed by atoms with van der Waals surface area (Å²) < 4.78 is 0. The number of carboxylic acid groups (broad SMARTS) is 1. The fraction of sp³-hybridized carbons (Fsp3) is 0.562. The highest BCUT2D eigenvalue weighted by Gasteiger charge is 2.30. The molecular formula is C16H23NO2. The lowest BCUT2D eigenvalue weighted by Gasteiger charge is -2.30. The summed E-state index contributed by atoms with van der Waals surface area (Å²) in [5, 5.41) is 12.8. The molecule has 3 heteroatoms. The molecule has 1 aromatic rings. The molecular weight excluding hydrogens is 238 g/mol. The first-order valence-corrected chi connectivity index (χ1v) is 7.19. The van der Waals surface area contributed by atoms with Gasteiger partial charge in [-0.1, -0.05) is 43.2 Å². The van der Waals surface area contributed by atoms with Gasteiger partial charge in [-0.05, 0) is 37.8 Å². The third-order valence-corrected chi connectivity index (χ3v) is 4.21. The second-order valence-electron chi connectivity index (χ2n) is 5.53. The highest BCUT2D eigenvalue weighted by atomic mass is 16.4. The van der Waals surface area contributed by atoms with Crippen LogP contribution in [0.2, 0.25) is 0 Å². The molecule has 3 unspecified atom stereocenters. The first kappa shape index (κ1) is 14.1. The van der Waals surface area contributed by atoms with Gasteiger partial charge in [-0.3, -0.25) is 4.79 Å². The Morgan fingerprint density at radius 2 is 2.00 bits per heavy atom. The zero-order chi connectivity index (χ0) is 13.7. The molecule has 1 saturated carbocycles. The molecule has 0 amide bonds. The lowest BCUT2D eigenvalue weighted by molar-refractivity contribution is -0.144. The number of hydrogen-bond donors (Lipinski definition) is 2. The first-order chi connectivity index (χ1) is 9.18. The van der Waals surface area contributed by atoms with E-state index in [0.29, 0.717) is 0 Å². The van der Waals surface area contributed by atoms with Crippen molar-refractivity contribution in [3.05, 3.63) is 35.9 Å². The van der Waals surface area contributed by atoms with E-state index in [1.54, 1.807) is 0 Å². The average Bonchev–Trinajstić information content (AvgIpc) is 2.46. The van der Waals surface area contributed by atoms with Crippen LogP contribution < -0.4 is 5.32 Å². The number of hydrogen-bond acceptors (Lipinski definition) is 2. The second-order valence-corrected chi connectivity index (χ2v) is 5.53. The van der Waals surface area contributed by atoms with Gasteiger partial charge in [0.1, 0.15) is 0 Å². The molecule has 0 aromatic heterocycles. The van der Waals surface area contributed by atoms with E-state index < -0.39 is 5.97 Å². The Balaban J connectivity index is 1.88. The van der Waals surface area contributed by atoms with Gasteiger partial charge in [-0.2, -0.15) is 0 Å². The van der Waals surface area contributed by atoms with E-state index >= 15 is 0 Å². The van der Waals surface area contributed by atoms with Gasteiger partial charge >= 0.3 is 5.97 Å². The molecule has 0 heterocycles. The Kier molecular flexibility index (Phi) is 4.97.